The number of likely N-dealkylation sites (N-methyl/N-ethyl adjacent to an activating group) is 1. The van der Waals surface area contributed by atoms with Crippen LogP contribution < -0.4 is 5.32 Å². The minimum absolute atomic E-state index is 0.0298. The van der Waals surface area contributed by atoms with Crippen molar-refractivity contribution < 1.29 is 19.2 Å². The first-order valence-electron chi connectivity index (χ1n) is 13.7. The van der Waals surface area contributed by atoms with E-state index in [2.05, 4.69) is 10.2 Å². The van der Waals surface area contributed by atoms with Crippen LogP contribution in [0.2, 0.25) is 0 Å². The van der Waals surface area contributed by atoms with E-state index in [1.54, 1.807) is 33.3 Å². The minimum atomic E-state index is -0.747. The Morgan fingerprint density at radius 2 is 1.72 bits per heavy atom. The first-order valence-corrected chi connectivity index (χ1v) is 14.6. The van der Waals surface area contributed by atoms with E-state index in [9.17, 15) is 19.2 Å². The summed E-state index contributed by atoms with van der Waals surface area (Å²) < 4.78 is 0. The van der Waals surface area contributed by atoms with Crippen LogP contribution >= 0.6 is 11.3 Å². The van der Waals surface area contributed by atoms with Gasteiger partial charge in [-0.15, -0.1) is 11.3 Å². The normalized spacial score (nSPS) is 22.4. The van der Waals surface area contributed by atoms with Crippen LogP contribution in [0, 0.1) is 5.92 Å². The van der Waals surface area contributed by atoms with Crippen LogP contribution in [0.15, 0.2) is 41.8 Å². The molecule has 4 amide bonds. The van der Waals surface area contributed by atoms with Crippen LogP contribution in [0.5, 0.6) is 0 Å². The second-order valence-electron chi connectivity index (χ2n) is 11.2. The molecular weight excluding hydrogens is 514 g/mol. The Bertz CT molecular complexity index is 1210. The highest BCUT2D eigenvalue weighted by atomic mass is 32.1. The Kier molecular flexibility index (Phi) is 8.04. The van der Waals surface area contributed by atoms with E-state index < -0.39 is 12.1 Å². The number of piperazine rings is 1. The highest BCUT2D eigenvalue weighted by molar-refractivity contribution is 7.13. The Balaban J connectivity index is 1.27. The lowest BCUT2D eigenvalue weighted by molar-refractivity contribution is -0.138. The van der Waals surface area contributed by atoms with Crippen LogP contribution in [0.1, 0.15) is 37.0 Å². The number of nitrogens with one attached hydrogen (secondary N) is 1. The molecule has 1 aromatic heterocycles. The number of benzene rings is 1. The average Bonchev–Trinajstić information content (AvgIpc) is 3.67. The van der Waals surface area contributed by atoms with E-state index in [4.69, 9.17) is 0 Å². The van der Waals surface area contributed by atoms with Gasteiger partial charge in [-0.05, 0) is 54.9 Å². The Morgan fingerprint density at radius 3 is 2.36 bits per heavy atom. The van der Waals surface area contributed by atoms with Crippen molar-refractivity contribution in [3.63, 3.8) is 0 Å². The molecule has 3 atom stereocenters. The fourth-order valence-electron chi connectivity index (χ4n) is 5.87. The zero-order valence-electron chi connectivity index (χ0n) is 22.8. The lowest BCUT2D eigenvalue weighted by Gasteiger charge is -2.36. The molecule has 9 nitrogen and oxygen atoms in total. The lowest BCUT2D eigenvalue weighted by Crippen LogP contribution is -2.54. The van der Waals surface area contributed by atoms with Gasteiger partial charge in [-0.25, -0.2) is 4.79 Å². The van der Waals surface area contributed by atoms with Crippen LogP contribution in [-0.2, 0) is 9.59 Å². The summed E-state index contributed by atoms with van der Waals surface area (Å²) in [6.07, 6.45) is 1.03. The maximum Gasteiger partial charge on any atom is 0.320 e. The van der Waals surface area contributed by atoms with E-state index in [1.807, 2.05) is 55.4 Å². The molecule has 1 aromatic carbocycles. The largest absolute Gasteiger partial charge is 0.340 e. The topological polar surface area (TPSA) is 93.3 Å². The molecule has 3 aliphatic heterocycles. The van der Waals surface area contributed by atoms with Gasteiger partial charge in [0.2, 0.25) is 5.91 Å². The number of amides is 4. The second-order valence-corrected chi connectivity index (χ2v) is 12.2. The third-order valence-electron chi connectivity index (χ3n) is 7.99. The SMILES string of the molecule is CC(C)CC(NC(=O)c1ccc(-c2cccs2)cc1)C(=O)N1CCC2C1C(=O)CN2C(=O)N1CCN(C)CC1. The lowest BCUT2D eigenvalue weighted by atomic mass is 10.0. The van der Waals surface area contributed by atoms with Crippen LogP contribution in [0.4, 0.5) is 4.79 Å². The molecular formula is C29H37N5O4S. The molecule has 10 heteroatoms. The third kappa shape index (κ3) is 5.72. The molecule has 0 spiro atoms. The number of urea groups is 1. The van der Waals surface area contributed by atoms with Crippen LogP contribution in [-0.4, -0.2) is 108 Å². The van der Waals surface area contributed by atoms with E-state index >= 15 is 0 Å². The highest BCUT2D eigenvalue weighted by Gasteiger charge is 2.53. The molecule has 0 bridgehead atoms. The number of Topliss-reactive ketones (excluding diaryl/α,β-unsaturated/α-hetero) is 1. The van der Waals surface area contributed by atoms with Crippen molar-refractivity contribution in [2.24, 2.45) is 5.92 Å². The van der Waals surface area contributed by atoms with E-state index in [1.165, 1.54) is 0 Å². The number of hydrogen-bond donors (Lipinski definition) is 1. The standard InChI is InChI=1S/C29H37N5O4S/c1-19(2)17-22(30-27(36)21-8-6-20(7-9-21)25-5-4-16-39-25)28(37)33-11-10-23-26(33)24(35)18-34(23)29(38)32-14-12-31(3)13-15-32/h4-9,16,19,22-23,26H,10-15,17-18H2,1-3H3,(H,30,36). The molecule has 0 aliphatic carbocycles. The summed E-state index contributed by atoms with van der Waals surface area (Å²) in [5, 5.41) is 4.96. The molecule has 3 saturated heterocycles. The number of thiophene rings is 1. The maximum atomic E-state index is 13.8. The number of hydrogen-bond acceptors (Lipinski definition) is 6. The van der Waals surface area contributed by atoms with Crippen molar-refractivity contribution in [1.82, 2.24) is 24.9 Å². The fraction of sp³-hybridized carbons (Fsp3) is 0.517. The summed E-state index contributed by atoms with van der Waals surface area (Å²) in [7, 11) is 2.03. The fourth-order valence-corrected chi connectivity index (χ4v) is 6.60. The zero-order valence-corrected chi connectivity index (χ0v) is 23.7. The number of rotatable bonds is 6. The summed E-state index contributed by atoms with van der Waals surface area (Å²) in [5.41, 5.74) is 1.52. The number of likely N-dealkylation sites (tertiary alicyclic amines) is 2. The van der Waals surface area contributed by atoms with Crippen LogP contribution in [0.3, 0.4) is 0 Å². The second kappa shape index (κ2) is 11.5. The van der Waals surface area contributed by atoms with Gasteiger partial charge in [0.1, 0.15) is 12.1 Å². The molecule has 2 aromatic rings. The summed E-state index contributed by atoms with van der Waals surface area (Å²) >= 11 is 1.64. The molecule has 3 unspecified atom stereocenters. The minimum Gasteiger partial charge on any atom is -0.340 e. The van der Waals surface area contributed by atoms with Gasteiger partial charge >= 0.3 is 6.03 Å². The molecule has 3 fully saturated rings. The number of carbonyl (C=O) groups excluding carboxylic acids is 4. The third-order valence-corrected chi connectivity index (χ3v) is 8.91. The van der Waals surface area contributed by atoms with Gasteiger partial charge < -0.3 is 24.9 Å². The summed E-state index contributed by atoms with van der Waals surface area (Å²) in [5.74, 6) is -0.505. The van der Waals surface area contributed by atoms with Gasteiger partial charge in [0.05, 0.1) is 12.6 Å². The molecule has 208 valence electrons. The predicted molar refractivity (Wildman–Crippen MR) is 151 cm³/mol. The molecule has 1 N–H and O–H groups in total. The van der Waals surface area contributed by atoms with Gasteiger partial charge in [0, 0.05) is 43.2 Å². The number of carbonyl (C=O) groups is 4. The summed E-state index contributed by atoms with van der Waals surface area (Å²) in [6.45, 7) is 7.32. The van der Waals surface area contributed by atoms with Crippen LogP contribution in [0.25, 0.3) is 10.4 Å². The van der Waals surface area contributed by atoms with Gasteiger partial charge in [0.25, 0.3) is 5.91 Å². The number of nitrogens with zero attached hydrogens (tertiary/aromatic N) is 4. The predicted octanol–water partition coefficient (Wildman–Crippen LogP) is 2.78. The van der Waals surface area contributed by atoms with Crippen molar-refractivity contribution >= 4 is 35.0 Å². The molecule has 5 rings (SSSR count). The molecule has 0 saturated carbocycles. The Labute approximate surface area is 233 Å². The van der Waals surface area contributed by atoms with E-state index in [0.29, 0.717) is 38.0 Å². The van der Waals surface area contributed by atoms with E-state index in [0.717, 1.165) is 23.5 Å². The molecule has 0 radical (unpaired) electrons. The van der Waals surface area contributed by atoms with E-state index in [-0.39, 0.29) is 42.1 Å². The monoisotopic (exact) mass is 551 g/mol. The van der Waals surface area contributed by atoms with Crippen molar-refractivity contribution in [3.8, 4) is 10.4 Å². The smallest absolute Gasteiger partial charge is 0.320 e. The van der Waals surface area contributed by atoms with Gasteiger partial charge in [-0.3, -0.25) is 14.4 Å². The highest BCUT2D eigenvalue weighted by Crippen LogP contribution is 2.32. The van der Waals surface area contributed by atoms with Gasteiger partial charge in [0.15, 0.2) is 5.78 Å². The quantitative estimate of drug-likeness (QED) is 0.596. The zero-order chi connectivity index (χ0) is 27.7. The van der Waals surface area contributed by atoms with Crippen molar-refractivity contribution in [1.29, 1.82) is 0 Å². The molecule has 4 heterocycles. The molecule has 3 aliphatic rings. The van der Waals surface area contributed by atoms with Crippen molar-refractivity contribution in [2.75, 3.05) is 46.3 Å². The van der Waals surface area contributed by atoms with Gasteiger partial charge in [-0.2, -0.15) is 0 Å². The average molecular weight is 552 g/mol. The Hall–Kier alpha value is -3.24. The van der Waals surface area contributed by atoms with Gasteiger partial charge in [-0.1, -0.05) is 32.0 Å². The first-order chi connectivity index (χ1) is 18.7. The Morgan fingerprint density at radius 1 is 1.00 bits per heavy atom. The number of ketones is 1. The van der Waals surface area contributed by atoms with Crippen molar-refractivity contribution in [2.45, 2.75) is 44.8 Å². The number of fused-ring (bicyclic) bond motifs is 1. The maximum absolute atomic E-state index is 13.8. The molecule has 39 heavy (non-hydrogen) atoms. The first kappa shape index (κ1) is 27.3. The summed E-state index contributed by atoms with van der Waals surface area (Å²) in [6, 6.07) is 9.57. The summed E-state index contributed by atoms with van der Waals surface area (Å²) in [4.78, 5) is 61.8. The van der Waals surface area contributed by atoms with Crippen molar-refractivity contribution in [3.05, 3.63) is 47.3 Å².